The Kier molecular flexibility index (Phi) is 5.53. The molecular weight excluding hydrogens is 336 g/mol. The predicted octanol–water partition coefficient (Wildman–Crippen LogP) is 4.59. The van der Waals surface area contributed by atoms with Gasteiger partial charge in [-0.25, -0.2) is 9.97 Å². The third kappa shape index (κ3) is 4.10. The Hall–Kier alpha value is -2.14. The maximum absolute atomic E-state index is 12.7. The number of halogens is 1. The quantitative estimate of drug-likeness (QED) is 0.868. The van der Waals surface area contributed by atoms with E-state index in [9.17, 15) is 4.79 Å². The fourth-order valence-corrected chi connectivity index (χ4v) is 3.47. The van der Waals surface area contributed by atoms with E-state index >= 15 is 0 Å². The third-order valence-corrected chi connectivity index (χ3v) is 4.92. The van der Waals surface area contributed by atoms with Crippen LogP contribution in [0.1, 0.15) is 48.7 Å². The van der Waals surface area contributed by atoms with Crippen LogP contribution in [0.25, 0.3) is 0 Å². The summed E-state index contributed by atoms with van der Waals surface area (Å²) in [5.74, 6) is 0.584. The molecule has 0 spiro atoms. The minimum absolute atomic E-state index is 0.0201. The van der Waals surface area contributed by atoms with Crippen molar-refractivity contribution in [3.8, 4) is 0 Å². The number of hydrogen-bond acceptors (Lipinski definition) is 4. The van der Waals surface area contributed by atoms with Gasteiger partial charge in [-0.3, -0.25) is 4.79 Å². The number of carbonyl (C=O) groups is 1. The normalized spacial score (nSPS) is 17.4. The first-order valence-corrected chi connectivity index (χ1v) is 9.12. The second kappa shape index (κ2) is 7.83. The van der Waals surface area contributed by atoms with Gasteiger partial charge in [-0.1, -0.05) is 18.5 Å². The molecule has 6 heteroatoms. The highest BCUT2D eigenvalue weighted by Gasteiger charge is 2.27. The van der Waals surface area contributed by atoms with Gasteiger partial charge in [0.1, 0.15) is 11.5 Å². The molecule has 0 saturated carbocycles. The number of benzene rings is 1. The number of carbonyl (C=O) groups excluding carboxylic acids is 1. The Balaban J connectivity index is 1.72. The molecule has 25 heavy (non-hydrogen) atoms. The topological polar surface area (TPSA) is 58.1 Å². The lowest BCUT2D eigenvalue weighted by Crippen LogP contribution is -2.43. The molecular formula is C19H23ClN4O. The van der Waals surface area contributed by atoms with E-state index < -0.39 is 0 Å². The van der Waals surface area contributed by atoms with Gasteiger partial charge in [0.15, 0.2) is 0 Å². The molecule has 1 saturated heterocycles. The molecule has 3 rings (SSSR count). The van der Waals surface area contributed by atoms with Crippen molar-refractivity contribution in [1.82, 2.24) is 14.9 Å². The van der Waals surface area contributed by atoms with Crippen molar-refractivity contribution in [3.05, 3.63) is 46.9 Å². The van der Waals surface area contributed by atoms with Crippen molar-refractivity contribution in [3.63, 3.8) is 0 Å². The molecule has 1 aromatic heterocycles. The molecule has 1 aliphatic heterocycles. The summed E-state index contributed by atoms with van der Waals surface area (Å²) in [6.07, 6.45) is 7.46. The van der Waals surface area contributed by atoms with Crippen molar-refractivity contribution >= 4 is 29.0 Å². The summed E-state index contributed by atoms with van der Waals surface area (Å²) in [6, 6.07) is 5.93. The number of rotatable bonds is 4. The van der Waals surface area contributed by atoms with Crippen LogP contribution >= 0.6 is 11.6 Å². The number of likely N-dealkylation sites (tertiary alicyclic amines) is 1. The number of nitrogens with zero attached hydrogens (tertiary/aromatic N) is 3. The fourth-order valence-electron chi connectivity index (χ4n) is 3.25. The Morgan fingerprint density at radius 1 is 1.32 bits per heavy atom. The van der Waals surface area contributed by atoms with Crippen molar-refractivity contribution < 1.29 is 4.79 Å². The van der Waals surface area contributed by atoms with Crippen LogP contribution in [0.3, 0.4) is 0 Å². The van der Waals surface area contributed by atoms with Gasteiger partial charge < -0.3 is 10.2 Å². The van der Waals surface area contributed by atoms with E-state index in [1.807, 2.05) is 30.0 Å². The molecule has 132 valence electrons. The fraction of sp³-hybridized carbons (Fsp3) is 0.421. The van der Waals surface area contributed by atoms with Crippen LogP contribution in [-0.4, -0.2) is 33.4 Å². The summed E-state index contributed by atoms with van der Waals surface area (Å²) in [5.41, 5.74) is 2.34. The van der Waals surface area contributed by atoms with Crippen LogP contribution in [0, 0.1) is 6.92 Å². The molecule has 0 bridgehead atoms. The first-order chi connectivity index (χ1) is 12.1. The van der Waals surface area contributed by atoms with Gasteiger partial charge >= 0.3 is 0 Å². The summed E-state index contributed by atoms with van der Waals surface area (Å²) in [7, 11) is 0. The van der Waals surface area contributed by atoms with Crippen LogP contribution in [0.15, 0.2) is 30.6 Å². The van der Waals surface area contributed by atoms with E-state index in [4.69, 9.17) is 11.6 Å². The predicted molar refractivity (Wildman–Crippen MR) is 100 cm³/mol. The molecule has 1 aromatic carbocycles. The number of piperidine rings is 1. The summed E-state index contributed by atoms with van der Waals surface area (Å²) in [6.45, 7) is 4.91. The third-order valence-electron chi connectivity index (χ3n) is 4.68. The molecule has 1 aliphatic rings. The number of aryl methyl sites for hydroxylation is 1. The van der Waals surface area contributed by atoms with E-state index in [0.717, 1.165) is 37.1 Å². The van der Waals surface area contributed by atoms with Crippen molar-refractivity contribution in [2.24, 2.45) is 0 Å². The number of aromatic nitrogens is 2. The number of amides is 1. The molecule has 2 heterocycles. The minimum Gasteiger partial charge on any atom is -0.339 e. The number of hydrogen-bond donors (Lipinski definition) is 1. The van der Waals surface area contributed by atoms with E-state index in [1.165, 1.54) is 6.42 Å². The molecule has 0 radical (unpaired) electrons. The summed E-state index contributed by atoms with van der Waals surface area (Å²) < 4.78 is 0. The van der Waals surface area contributed by atoms with Crippen LogP contribution < -0.4 is 5.32 Å². The second-order valence-electron chi connectivity index (χ2n) is 6.43. The van der Waals surface area contributed by atoms with E-state index in [-0.39, 0.29) is 5.91 Å². The van der Waals surface area contributed by atoms with Gasteiger partial charge in [0.25, 0.3) is 5.91 Å². The van der Waals surface area contributed by atoms with Gasteiger partial charge in [-0.05, 0) is 56.4 Å². The first-order valence-electron chi connectivity index (χ1n) is 8.74. The zero-order valence-electron chi connectivity index (χ0n) is 14.6. The molecule has 0 aliphatic carbocycles. The largest absolute Gasteiger partial charge is 0.339 e. The van der Waals surface area contributed by atoms with Crippen molar-refractivity contribution in [2.75, 3.05) is 11.9 Å². The minimum atomic E-state index is -0.0201. The van der Waals surface area contributed by atoms with Crippen LogP contribution in [-0.2, 0) is 0 Å². The zero-order valence-corrected chi connectivity index (χ0v) is 15.4. The SMILES string of the molecule is CCC1CCCCN1C(=O)c1cnc(Nc2ccc(Cl)cc2C)cn1. The highest BCUT2D eigenvalue weighted by atomic mass is 35.5. The number of nitrogens with one attached hydrogen (secondary N) is 1. The Morgan fingerprint density at radius 3 is 2.84 bits per heavy atom. The lowest BCUT2D eigenvalue weighted by atomic mass is 10.00. The maximum atomic E-state index is 12.7. The van der Waals surface area contributed by atoms with Crippen molar-refractivity contribution in [1.29, 1.82) is 0 Å². The number of anilines is 2. The Labute approximate surface area is 153 Å². The van der Waals surface area contributed by atoms with Gasteiger partial charge in [0, 0.05) is 23.3 Å². The average molecular weight is 359 g/mol. The zero-order chi connectivity index (χ0) is 17.8. The van der Waals surface area contributed by atoms with E-state index in [1.54, 1.807) is 12.4 Å². The van der Waals surface area contributed by atoms with Crippen molar-refractivity contribution in [2.45, 2.75) is 45.6 Å². The van der Waals surface area contributed by atoms with Gasteiger partial charge in [0.05, 0.1) is 12.4 Å². The summed E-state index contributed by atoms with van der Waals surface area (Å²) in [4.78, 5) is 23.3. The molecule has 1 fully saturated rings. The summed E-state index contributed by atoms with van der Waals surface area (Å²) >= 11 is 5.98. The lowest BCUT2D eigenvalue weighted by molar-refractivity contribution is 0.0601. The Bertz CT molecular complexity index is 748. The average Bonchev–Trinajstić information content (AvgIpc) is 2.64. The molecule has 2 aromatic rings. The molecule has 1 N–H and O–H groups in total. The second-order valence-corrected chi connectivity index (χ2v) is 6.86. The molecule has 1 atom stereocenters. The monoisotopic (exact) mass is 358 g/mol. The van der Waals surface area contributed by atoms with Crippen LogP contribution in [0.2, 0.25) is 5.02 Å². The molecule has 1 unspecified atom stereocenters. The highest BCUT2D eigenvalue weighted by molar-refractivity contribution is 6.30. The summed E-state index contributed by atoms with van der Waals surface area (Å²) in [5, 5.41) is 3.90. The Morgan fingerprint density at radius 2 is 2.16 bits per heavy atom. The maximum Gasteiger partial charge on any atom is 0.274 e. The van der Waals surface area contributed by atoms with E-state index in [2.05, 4.69) is 22.2 Å². The molecule has 1 amide bonds. The van der Waals surface area contributed by atoms with Crippen LogP contribution in [0.5, 0.6) is 0 Å². The smallest absolute Gasteiger partial charge is 0.274 e. The standard InChI is InChI=1S/C19H23ClN4O/c1-3-15-6-4-5-9-24(15)19(25)17-11-22-18(12-21-17)23-16-8-7-14(20)10-13(16)2/h7-8,10-12,15H,3-6,9H2,1-2H3,(H,22,23). The van der Waals surface area contributed by atoms with Gasteiger partial charge in [0.2, 0.25) is 0 Å². The van der Waals surface area contributed by atoms with Gasteiger partial charge in [-0.2, -0.15) is 0 Å². The van der Waals surface area contributed by atoms with Gasteiger partial charge in [-0.15, -0.1) is 0 Å². The first kappa shape index (κ1) is 17.7. The lowest BCUT2D eigenvalue weighted by Gasteiger charge is -2.34. The molecule has 5 nitrogen and oxygen atoms in total. The highest BCUT2D eigenvalue weighted by Crippen LogP contribution is 2.23. The van der Waals surface area contributed by atoms with Crippen LogP contribution in [0.4, 0.5) is 11.5 Å². The van der Waals surface area contributed by atoms with E-state index in [0.29, 0.717) is 22.6 Å².